The zero-order valence-electron chi connectivity index (χ0n) is 14.4. The first-order chi connectivity index (χ1) is 11.6. The summed E-state index contributed by atoms with van der Waals surface area (Å²) >= 11 is 0. The van der Waals surface area contributed by atoms with Gasteiger partial charge in [-0.25, -0.2) is 0 Å². The van der Waals surface area contributed by atoms with Crippen LogP contribution >= 0.6 is 0 Å². The van der Waals surface area contributed by atoms with Crippen molar-refractivity contribution >= 4 is 5.91 Å². The number of hydrogen-bond acceptors (Lipinski definition) is 3. The summed E-state index contributed by atoms with van der Waals surface area (Å²) in [7, 11) is 0. The van der Waals surface area contributed by atoms with E-state index in [-0.39, 0.29) is 17.9 Å². The Labute approximate surface area is 143 Å². The molecule has 2 heterocycles. The Morgan fingerprint density at radius 3 is 2.62 bits per heavy atom. The number of piperidine rings is 1. The summed E-state index contributed by atoms with van der Waals surface area (Å²) in [5, 5.41) is 4.17. The van der Waals surface area contributed by atoms with E-state index in [9.17, 15) is 4.79 Å². The second kappa shape index (κ2) is 7.51. The van der Waals surface area contributed by atoms with Crippen molar-refractivity contribution in [3.63, 3.8) is 0 Å². The van der Waals surface area contributed by atoms with Crippen molar-refractivity contribution in [3.05, 3.63) is 48.3 Å². The minimum atomic E-state index is -0.0560. The van der Waals surface area contributed by atoms with E-state index in [1.165, 1.54) is 5.56 Å². The molecule has 0 bridgehead atoms. The molecular weight excluding hydrogens is 302 g/mol. The Bertz CT molecular complexity index is 644. The van der Waals surface area contributed by atoms with Gasteiger partial charge in [-0.2, -0.15) is 5.10 Å². The standard InChI is InChI=1S/C19H25N3O2/c1-15-4-6-17(7-5-15)24-18-8-12-21(13-9-18)19(23)16(2)14-22-11-3-10-20-22/h3-7,10-11,16,18H,8-9,12-14H2,1-2H3/t16-/m0/s1. The fourth-order valence-corrected chi connectivity index (χ4v) is 3.08. The van der Waals surface area contributed by atoms with Gasteiger partial charge in [0.15, 0.2) is 0 Å². The second-order valence-corrected chi connectivity index (χ2v) is 6.58. The van der Waals surface area contributed by atoms with Gasteiger partial charge in [0.1, 0.15) is 11.9 Å². The third kappa shape index (κ3) is 4.16. The number of likely N-dealkylation sites (tertiary alicyclic amines) is 1. The molecular formula is C19H25N3O2. The molecule has 2 aromatic rings. The number of carbonyl (C=O) groups is 1. The van der Waals surface area contributed by atoms with Crippen molar-refractivity contribution in [3.8, 4) is 5.75 Å². The number of nitrogens with zero attached hydrogens (tertiary/aromatic N) is 3. The van der Waals surface area contributed by atoms with Gasteiger partial charge in [0, 0.05) is 38.3 Å². The fourth-order valence-electron chi connectivity index (χ4n) is 3.08. The molecule has 5 heteroatoms. The van der Waals surface area contributed by atoms with Crippen LogP contribution in [-0.2, 0) is 11.3 Å². The van der Waals surface area contributed by atoms with Crippen LogP contribution in [0.15, 0.2) is 42.7 Å². The molecule has 1 fully saturated rings. The lowest BCUT2D eigenvalue weighted by atomic mass is 10.0. The van der Waals surface area contributed by atoms with Crippen molar-refractivity contribution < 1.29 is 9.53 Å². The van der Waals surface area contributed by atoms with Crippen molar-refractivity contribution in [1.82, 2.24) is 14.7 Å². The third-order valence-corrected chi connectivity index (χ3v) is 4.52. The topological polar surface area (TPSA) is 47.4 Å². The van der Waals surface area contributed by atoms with Gasteiger partial charge >= 0.3 is 0 Å². The Balaban J connectivity index is 1.47. The van der Waals surface area contributed by atoms with E-state index >= 15 is 0 Å². The number of benzene rings is 1. The van der Waals surface area contributed by atoms with Crippen LogP contribution in [0.4, 0.5) is 0 Å². The number of hydrogen-bond donors (Lipinski definition) is 0. The highest BCUT2D eigenvalue weighted by atomic mass is 16.5. The summed E-state index contributed by atoms with van der Waals surface area (Å²) in [5.41, 5.74) is 1.23. The number of carbonyl (C=O) groups excluding carboxylic acids is 1. The molecule has 1 aromatic heterocycles. The summed E-state index contributed by atoms with van der Waals surface area (Å²) in [4.78, 5) is 14.5. The predicted octanol–water partition coefficient (Wildman–Crippen LogP) is 2.90. The number of aromatic nitrogens is 2. The normalized spacial score (nSPS) is 16.8. The van der Waals surface area contributed by atoms with Gasteiger partial charge in [-0.3, -0.25) is 9.48 Å². The van der Waals surface area contributed by atoms with E-state index < -0.39 is 0 Å². The molecule has 1 aromatic carbocycles. The quantitative estimate of drug-likeness (QED) is 0.848. The molecule has 24 heavy (non-hydrogen) atoms. The molecule has 1 saturated heterocycles. The van der Waals surface area contributed by atoms with E-state index in [0.717, 1.165) is 31.7 Å². The van der Waals surface area contributed by atoms with Gasteiger partial charge in [0.2, 0.25) is 5.91 Å². The summed E-state index contributed by atoms with van der Waals surface area (Å²) in [5.74, 6) is 1.07. The lowest BCUT2D eigenvalue weighted by Gasteiger charge is -2.33. The van der Waals surface area contributed by atoms with Crippen molar-refractivity contribution in [1.29, 1.82) is 0 Å². The van der Waals surface area contributed by atoms with Gasteiger partial charge in [0.05, 0.1) is 12.5 Å². The number of rotatable bonds is 5. The number of aryl methyl sites for hydroxylation is 1. The van der Waals surface area contributed by atoms with Gasteiger partial charge < -0.3 is 9.64 Å². The van der Waals surface area contributed by atoms with E-state index in [1.54, 1.807) is 6.20 Å². The van der Waals surface area contributed by atoms with E-state index in [4.69, 9.17) is 4.74 Å². The minimum absolute atomic E-state index is 0.0560. The van der Waals surface area contributed by atoms with E-state index in [0.29, 0.717) is 6.54 Å². The first-order valence-electron chi connectivity index (χ1n) is 8.61. The molecule has 3 rings (SSSR count). The Kier molecular flexibility index (Phi) is 5.18. The molecule has 0 aliphatic carbocycles. The first kappa shape index (κ1) is 16.6. The molecule has 0 spiro atoms. The summed E-state index contributed by atoms with van der Waals surface area (Å²) in [6.07, 6.45) is 5.59. The average Bonchev–Trinajstić information content (AvgIpc) is 3.10. The van der Waals surface area contributed by atoms with Crippen molar-refractivity contribution in [2.75, 3.05) is 13.1 Å². The van der Waals surface area contributed by atoms with Crippen LogP contribution in [0.5, 0.6) is 5.75 Å². The molecule has 1 atom stereocenters. The predicted molar refractivity (Wildman–Crippen MR) is 92.8 cm³/mol. The first-order valence-corrected chi connectivity index (χ1v) is 8.61. The van der Waals surface area contributed by atoms with Gasteiger partial charge in [0.25, 0.3) is 0 Å². The molecule has 5 nitrogen and oxygen atoms in total. The van der Waals surface area contributed by atoms with Gasteiger partial charge in [-0.05, 0) is 25.1 Å². The highest BCUT2D eigenvalue weighted by Gasteiger charge is 2.27. The molecule has 128 valence electrons. The SMILES string of the molecule is Cc1ccc(OC2CCN(C(=O)[C@@H](C)Cn3cccn3)CC2)cc1. The van der Waals surface area contributed by atoms with Crippen LogP contribution in [0.3, 0.4) is 0 Å². The smallest absolute Gasteiger partial charge is 0.227 e. The summed E-state index contributed by atoms with van der Waals surface area (Å²) in [6, 6.07) is 10.0. The van der Waals surface area contributed by atoms with Crippen LogP contribution in [0, 0.1) is 12.8 Å². The molecule has 0 saturated carbocycles. The van der Waals surface area contributed by atoms with E-state index in [2.05, 4.69) is 24.2 Å². The van der Waals surface area contributed by atoms with Crippen molar-refractivity contribution in [2.24, 2.45) is 5.92 Å². The molecule has 0 radical (unpaired) electrons. The Morgan fingerprint density at radius 2 is 2.00 bits per heavy atom. The second-order valence-electron chi connectivity index (χ2n) is 6.58. The maximum absolute atomic E-state index is 12.6. The van der Waals surface area contributed by atoms with Gasteiger partial charge in [-0.1, -0.05) is 24.6 Å². The zero-order chi connectivity index (χ0) is 16.9. The van der Waals surface area contributed by atoms with Crippen LogP contribution < -0.4 is 4.74 Å². The van der Waals surface area contributed by atoms with E-state index in [1.807, 2.05) is 40.9 Å². The molecule has 0 N–H and O–H groups in total. The van der Waals surface area contributed by atoms with Crippen molar-refractivity contribution in [2.45, 2.75) is 39.3 Å². The van der Waals surface area contributed by atoms with Crippen LogP contribution in [0.25, 0.3) is 0 Å². The maximum Gasteiger partial charge on any atom is 0.227 e. The van der Waals surface area contributed by atoms with Crippen LogP contribution in [0.2, 0.25) is 0 Å². The van der Waals surface area contributed by atoms with Crippen LogP contribution in [-0.4, -0.2) is 39.8 Å². The summed E-state index contributed by atoms with van der Waals surface area (Å²) in [6.45, 7) is 6.19. The number of ether oxygens (including phenoxy) is 1. The monoisotopic (exact) mass is 327 g/mol. The van der Waals surface area contributed by atoms with Crippen LogP contribution in [0.1, 0.15) is 25.3 Å². The minimum Gasteiger partial charge on any atom is -0.490 e. The largest absolute Gasteiger partial charge is 0.490 e. The highest BCUT2D eigenvalue weighted by molar-refractivity contribution is 5.78. The average molecular weight is 327 g/mol. The fraction of sp³-hybridized carbons (Fsp3) is 0.474. The highest BCUT2D eigenvalue weighted by Crippen LogP contribution is 2.20. The third-order valence-electron chi connectivity index (χ3n) is 4.52. The zero-order valence-corrected chi connectivity index (χ0v) is 14.4. The molecule has 1 amide bonds. The van der Waals surface area contributed by atoms with Gasteiger partial charge in [-0.15, -0.1) is 0 Å². The molecule has 0 unspecified atom stereocenters. The lowest BCUT2D eigenvalue weighted by Crippen LogP contribution is -2.44. The molecule has 1 aliphatic rings. The lowest BCUT2D eigenvalue weighted by molar-refractivity contribution is -0.137. The Morgan fingerprint density at radius 1 is 1.29 bits per heavy atom. The maximum atomic E-state index is 12.6. The Hall–Kier alpha value is -2.30. The number of amides is 1. The summed E-state index contributed by atoms with van der Waals surface area (Å²) < 4.78 is 7.85. The molecule has 1 aliphatic heterocycles.